The summed E-state index contributed by atoms with van der Waals surface area (Å²) in [5.41, 5.74) is 6.31. The average Bonchev–Trinajstić information content (AvgIpc) is 2.28. The van der Waals surface area contributed by atoms with Crippen LogP contribution in [0, 0.1) is 0 Å². The molecule has 1 amide bonds. The molecule has 0 radical (unpaired) electrons. The van der Waals surface area contributed by atoms with Crippen LogP contribution in [0.25, 0.3) is 0 Å². The van der Waals surface area contributed by atoms with Crippen molar-refractivity contribution in [2.45, 2.75) is 39.2 Å². The zero-order valence-electron chi connectivity index (χ0n) is 11.9. The van der Waals surface area contributed by atoms with E-state index in [0.29, 0.717) is 17.8 Å². The summed E-state index contributed by atoms with van der Waals surface area (Å²) in [5.74, 6) is 0.188. The van der Waals surface area contributed by atoms with Crippen molar-refractivity contribution < 1.29 is 14.6 Å². The number of rotatable bonds is 3. The van der Waals surface area contributed by atoms with Crippen LogP contribution < -0.4 is 11.1 Å². The van der Waals surface area contributed by atoms with Crippen molar-refractivity contribution in [3.8, 4) is 5.75 Å². The van der Waals surface area contributed by atoms with Crippen molar-refractivity contribution in [3.05, 3.63) is 23.8 Å². The van der Waals surface area contributed by atoms with Crippen molar-refractivity contribution >= 4 is 11.8 Å². The van der Waals surface area contributed by atoms with E-state index in [1.54, 1.807) is 32.9 Å². The van der Waals surface area contributed by atoms with Gasteiger partial charge in [0.15, 0.2) is 0 Å². The number of nitrogens with two attached hydrogens (primary N) is 1. The SMILES string of the molecule is CC(CN)c1cc(NC(=O)OC(C)(C)C)ccc1O. The number of aromatic hydroxyl groups is 1. The van der Waals surface area contributed by atoms with Gasteiger partial charge in [0.05, 0.1) is 0 Å². The molecular formula is C14H22N2O3. The number of phenols is 1. The van der Waals surface area contributed by atoms with E-state index >= 15 is 0 Å². The van der Waals surface area contributed by atoms with E-state index in [9.17, 15) is 9.90 Å². The molecule has 1 atom stereocenters. The number of carbonyl (C=O) groups excluding carboxylic acids is 1. The van der Waals surface area contributed by atoms with Crippen molar-refractivity contribution in [1.29, 1.82) is 0 Å². The lowest BCUT2D eigenvalue weighted by Crippen LogP contribution is -2.27. The Morgan fingerprint density at radius 2 is 2.11 bits per heavy atom. The number of anilines is 1. The molecule has 0 bridgehead atoms. The first-order chi connectivity index (χ1) is 8.73. The fraction of sp³-hybridized carbons (Fsp3) is 0.500. The van der Waals surface area contributed by atoms with Gasteiger partial charge in [0, 0.05) is 5.69 Å². The molecule has 0 saturated heterocycles. The third-order valence-corrected chi connectivity index (χ3v) is 2.56. The van der Waals surface area contributed by atoms with Crippen molar-refractivity contribution in [3.63, 3.8) is 0 Å². The lowest BCUT2D eigenvalue weighted by molar-refractivity contribution is 0.0636. The molecule has 5 heteroatoms. The molecular weight excluding hydrogens is 244 g/mol. The number of nitrogens with one attached hydrogen (secondary N) is 1. The zero-order valence-corrected chi connectivity index (χ0v) is 11.9. The molecule has 1 rings (SSSR count). The maximum atomic E-state index is 11.6. The Balaban J connectivity index is 2.83. The molecule has 0 aliphatic heterocycles. The van der Waals surface area contributed by atoms with Crippen molar-refractivity contribution in [1.82, 2.24) is 0 Å². The summed E-state index contributed by atoms with van der Waals surface area (Å²) in [6, 6.07) is 4.86. The van der Waals surface area contributed by atoms with Crippen LogP contribution in [0.5, 0.6) is 5.75 Å². The van der Waals surface area contributed by atoms with Gasteiger partial charge in [0.2, 0.25) is 0 Å². The molecule has 1 aromatic carbocycles. The Morgan fingerprint density at radius 1 is 1.47 bits per heavy atom. The van der Waals surface area contributed by atoms with E-state index in [1.807, 2.05) is 6.92 Å². The third kappa shape index (κ3) is 4.79. The summed E-state index contributed by atoms with van der Waals surface area (Å²) in [7, 11) is 0. The summed E-state index contributed by atoms with van der Waals surface area (Å²) in [4.78, 5) is 11.6. The van der Waals surface area contributed by atoms with Crippen LogP contribution in [0.2, 0.25) is 0 Å². The number of ether oxygens (including phenoxy) is 1. The molecule has 0 aliphatic carbocycles. The van der Waals surface area contributed by atoms with Gasteiger partial charge in [-0.1, -0.05) is 6.92 Å². The topological polar surface area (TPSA) is 84.6 Å². The van der Waals surface area contributed by atoms with E-state index in [4.69, 9.17) is 10.5 Å². The number of carbonyl (C=O) groups is 1. The van der Waals surface area contributed by atoms with Gasteiger partial charge < -0.3 is 15.6 Å². The Kier molecular flexibility index (Phi) is 4.78. The minimum atomic E-state index is -0.547. The minimum Gasteiger partial charge on any atom is -0.508 e. The monoisotopic (exact) mass is 266 g/mol. The largest absolute Gasteiger partial charge is 0.508 e. The predicted molar refractivity (Wildman–Crippen MR) is 75.4 cm³/mol. The number of hydrogen-bond donors (Lipinski definition) is 3. The molecule has 0 aromatic heterocycles. The third-order valence-electron chi connectivity index (χ3n) is 2.56. The number of hydrogen-bond acceptors (Lipinski definition) is 4. The van der Waals surface area contributed by atoms with Gasteiger partial charge in [-0.05, 0) is 57.0 Å². The molecule has 1 aromatic rings. The van der Waals surface area contributed by atoms with Crippen LogP contribution in [0.1, 0.15) is 39.2 Å². The minimum absolute atomic E-state index is 0.0142. The molecule has 0 fully saturated rings. The number of benzene rings is 1. The normalized spacial score (nSPS) is 12.9. The molecule has 5 nitrogen and oxygen atoms in total. The predicted octanol–water partition coefficient (Wildman–Crippen LogP) is 2.80. The van der Waals surface area contributed by atoms with E-state index < -0.39 is 11.7 Å². The average molecular weight is 266 g/mol. The number of amides is 1. The summed E-state index contributed by atoms with van der Waals surface area (Å²) in [6.07, 6.45) is -0.524. The van der Waals surface area contributed by atoms with Crippen molar-refractivity contribution in [2.24, 2.45) is 5.73 Å². The Morgan fingerprint density at radius 3 is 2.63 bits per heavy atom. The Hall–Kier alpha value is -1.75. The van der Waals surface area contributed by atoms with Crippen molar-refractivity contribution in [2.75, 3.05) is 11.9 Å². The second kappa shape index (κ2) is 5.93. The summed E-state index contributed by atoms with van der Waals surface area (Å²) >= 11 is 0. The van der Waals surface area contributed by atoms with Crippen LogP contribution in [0.15, 0.2) is 18.2 Å². The molecule has 0 heterocycles. The summed E-state index contributed by atoms with van der Waals surface area (Å²) in [5, 5.41) is 12.4. The van der Waals surface area contributed by atoms with Crippen LogP contribution in [-0.4, -0.2) is 23.3 Å². The van der Waals surface area contributed by atoms with Gasteiger partial charge in [-0.15, -0.1) is 0 Å². The van der Waals surface area contributed by atoms with E-state index in [1.165, 1.54) is 6.07 Å². The highest BCUT2D eigenvalue weighted by molar-refractivity contribution is 5.85. The van der Waals surface area contributed by atoms with E-state index in [-0.39, 0.29) is 11.7 Å². The molecule has 106 valence electrons. The van der Waals surface area contributed by atoms with Crippen LogP contribution in [0.3, 0.4) is 0 Å². The quantitative estimate of drug-likeness (QED) is 0.734. The molecule has 19 heavy (non-hydrogen) atoms. The second-order valence-electron chi connectivity index (χ2n) is 5.54. The highest BCUT2D eigenvalue weighted by atomic mass is 16.6. The van der Waals surface area contributed by atoms with E-state index in [0.717, 1.165) is 0 Å². The fourth-order valence-electron chi connectivity index (χ4n) is 1.58. The maximum absolute atomic E-state index is 11.6. The van der Waals surface area contributed by atoms with Gasteiger partial charge in [0.1, 0.15) is 11.4 Å². The Bertz CT molecular complexity index is 452. The van der Waals surface area contributed by atoms with Gasteiger partial charge in [0.25, 0.3) is 0 Å². The smallest absolute Gasteiger partial charge is 0.412 e. The highest BCUT2D eigenvalue weighted by Gasteiger charge is 2.17. The molecule has 0 spiro atoms. The lowest BCUT2D eigenvalue weighted by Gasteiger charge is -2.20. The zero-order chi connectivity index (χ0) is 14.6. The Labute approximate surface area is 113 Å². The van der Waals surface area contributed by atoms with Gasteiger partial charge in [-0.3, -0.25) is 5.32 Å². The van der Waals surface area contributed by atoms with Crippen LogP contribution >= 0.6 is 0 Å². The van der Waals surface area contributed by atoms with Gasteiger partial charge in [-0.2, -0.15) is 0 Å². The first-order valence-corrected chi connectivity index (χ1v) is 6.26. The summed E-state index contributed by atoms with van der Waals surface area (Å²) in [6.45, 7) is 7.72. The maximum Gasteiger partial charge on any atom is 0.412 e. The molecule has 0 saturated carbocycles. The van der Waals surface area contributed by atoms with Crippen LogP contribution in [-0.2, 0) is 4.74 Å². The molecule has 0 aliphatic rings. The first kappa shape index (κ1) is 15.3. The standard InChI is InChI=1S/C14H22N2O3/c1-9(8-15)11-7-10(5-6-12(11)17)16-13(18)19-14(2,3)4/h5-7,9,17H,8,15H2,1-4H3,(H,16,18). The molecule has 1 unspecified atom stereocenters. The lowest BCUT2D eigenvalue weighted by atomic mass is 10.00. The van der Waals surface area contributed by atoms with Gasteiger partial charge in [-0.25, -0.2) is 4.79 Å². The highest BCUT2D eigenvalue weighted by Crippen LogP contribution is 2.28. The summed E-state index contributed by atoms with van der Waals surface area (Å²) < 4.78 is 5.16. The fourth-order valence-corrected chi connectivity index (χ4v) is 1.58. The van der Waals surface area contributed by atoms with E-state index in [2.05, 4.69) is 5.32 Å². The first-order valence-electron chi connectivity index (χ1n) is 6.26. The van der Waals surface area contributed by atoms with Gasteiger partial charge >= 0.3 is 6.09 Å². The second-order valence-corrected chi connectivity index (χ2v) is 5.54. The number of phenolic OH excluding ortho intramolecular Hbond substituents is 1. The van der Waals surface area contributed by atoms with Crippen LogP contribution in [0.4, 0.5) is 10.5 Å². The molecule has 4 N–H and O–H groups in total.